The topological polar surface area (TPSA) is 52.8 Å². The third-order valence-corrected chi connectivity index (χ3v) is 8.59. The van der Waals surface area contributed by atoms with E-state index in [-0.39, 0.29) is 11.5 Å². The molecule has 4 rings (SSSR count). The van der Waals surface area contributed by atoms with E-state index in [0.717, 1.165) is 42.7 Å². The number of oxime groups is 1. The van der Waals surface area contributed by atoms with Crippen molar-refractivity contribution in [3.63, 3.8) is 0 Å². The summed E-state index contributed by atoms with van der Waals surface area (Å²) in [4.78, 5) is 0. The van der Waals surface area contributed by atoms with Gasteiger partial charge in [-0.05, 0) is 92.3 Å². The fourth-order valence-electron chi connectivity index (χ4n) is 7.12. The lowest BCUT2D eigenvalue weighted by molar-refractivity contribution is -0.112. The van der Waals surface area contributed by atoms with Crippen molar-refractivity contribution in [2.75, 3.05) is 0 Å². The first-order chi connectivity index (χ1) is 10.5. The normalized spacial score (nSPS) is 56.3. The van der Waals surface area contributed by atoms with Crippen molar-refractivity contribution in [2.45, 2.75) is 77.7 Å². The van der Waals surface area contributed by atoms with Gasteiger partial charge in [0.15, 0.2) is 0 Å². The Bertz CT molecular complexity index is 490. The summed E-state index contributed by atoms with van der Waals surface area (Å²) in [7, 11) is 0. The van der Waals surface area contributed by atoms with Gasteiger partial charge in [0.05, 0.1) is 11.8 Å². The molecule has 0 radical (unpaired) electrons. The molecule has 4 saturated carbocycles. The van der Waals surface area contributed by atoms with E-state index in [1.165, 1.54) is 38.5 Å². The molecule has 3 heteroatoms. The number of aliphatic hydroxyl groups excluding tert-OH is 1. The average Bonchev–Trinajstić information content (AvgIpc) is 2.82. The smallest absolute Gasteiger partial charge is 0.0596 e. The highest BCUT2D eigenvalue weighted by Gasteiger charge is 2.59. The zero-order valence-electron chi connectivity index (χ0n) is 14.1. The van der Waals surface area contributed by atoms with Crippen LogP contribution >= 0.6 is 0 Å². The van der Waals surface area contributed by atoms with Crippen molar-refractivity contribution in [1.29, 1.82) is 0 Å². The fraction of sp³-hybridized carbons (Fsp3) is 0.947. The number of aliphatic hydroxyl groups is 1. The molecule has 0 saturated heterocycles. The van der Waals surface area contributed by atoms with Gasteiger partial charge >= 0.3 is 0 Å². The van der Waals surface area contributed by atoms with Crippen LogP contribution in [0.1, 0.15) is 71.6 Å². The van der Waals surface area contributed by atoms with E-state index in [4.69, 9.17) is 5.21 Å². The van der Waals surface area contributed by atoms with Gasteiger partial charge in [-0.2, -0.15) is 0 Å². The summed E-state index contributed by atoms with van der Waals surface area (Å²) in [6.07, 6.45) is 10.5. The molecule has 4 fully saturated rings. The van der Waals surface area contributed by atoms with Gasteiger partial charge in [-0.3, -0.25) is 0 Å². The van der Waals surface area contributed by atoms with E-state index in [1.807, 2.05) is 0 Å². The molecule has 0 unspecified atom stereocenters. The maximum Gasteiger partial charge on any atom is 0.0596 e. The maximum atomic E-state index is 10.5. The monoisotopic (exact) mass is 305 g/mol. The molecule has 4 aliphatic carbocycles. The molecule has 0 amide bonds. The molecule has 0 heterocycles. The third kappa shape index (κ3) is 1.87. The largest absolute Gasteiger partial charge is 0.411 e. The highest BCUT2D eigenvalue weighted by molar-refractivity contribution is 5.85. The Balaban J connectivity index is 1.62. The molecule has 2 N–H and O–H groups in total. The summed E-state index contributed by atoms with van der Waals surface area (Å²) in [6.45, 7) is 4.88. The molecule has 0 aromatic heterocycles. The SMILES string of the molecule is C[C@]12CC/C(=N/O)C[C@@H]1CC[C@@H]1[C@H]2CC[C@]2(C)[C@@H](O)CC[C@@H]12. The van der Waals surface area contributed by atoms with E-state index in [0.29, 0.717) is 11.3 Å². The Hall–Kier alpha value is -0.570. The minimum Gasteiger partial charge on any atom is -0.411 e. The van der Waals surface area contributed by atoms with Crippen LogP contribution in [0.5, 0.6) is 0 Å². The van der Waals surface area contributed by atoms with Crippen molar-refractivity contribution in [2.24, 2.45) is 39.7 Å². The van der Waals surface area contributed by atoms with Crippen molar-refractivity contribution in [3.05, 3.63) is 0 Å². The van der Waals surface area contributed by atoms with Crippen LogP contribution in [0.4, 0.5) is 0 Å². The lowest BCUT2D eigenvalue weighted by atomic mass is 9.45. The summed E-state index contributed by atoms with van der Waals surface area (Å²) in [6, 6.07) is 0. The number of nitrogens with zero attached hydrogens (tertiary/aromatic N) is 1. The number of hydrogen-bond acceptors (Lipinski definition) is 3. The van der Waals surface area contributed by atoms with Gasteiger partial charge in [0.1, 0.15) is 0 Å². The molecular weight excluding hydrogens is 274 g/mol. The highest BCUT2D eigenvalue weighted by Crippen LogP contribution is 2.65. The van der Waals surface area contributed by atoms with Crippen LogP contribution in [0, 0.1) is 34.5 Å². The maximum absolute atomic E-state index is 10.5. The second-order valence-corrected chi connectivity index (χ2v) is 9.16. The van der Waals surface area contributed by atoms with Gasteiger partial charge in [0.2, 0.25) is 0 Å². The van der Waals surface area contributed by atoms with E-state index < -0.39 is 0 Å². The zero-order chi connectivity index (χ0) is 15.5. The molecule has 0 aliphatic heterocycles. The lowest BCUT2D eigenvalue weighted by Gasteiger charge is -2.60. The fourth-order valence-corrected chi connectivity index (χ4v) is 7.12. The summed E-state index contributed by atoms with van der Waals surface area (Å²) < 4.78 is 0. The number of hydrogen-bond donors (Lipinski definition) is 2. The lowest BCUT2D eigenvalue weighted by Crippen LogP contribution is -2.54. The second-order valence-electron chi connectivity index (χ2n) is 9.16. The van der Waals surface area contributed by atoms with Gasteiger partial charge in [-0.25, -0.2) is 0 Å². The average molecular weight is 305 g/mol. The van der Waals surface area contributed by atoms with Crippen LogP contribution in [0.2, 0.25) is 0 Å². The highest BCUT2D eigenvalue weighted by atomic mass is 16.4. The van der Waals surface area contributed by atoms with Gasteiger partial charge < -0.3 is 10.3 Å². The Kier molecular flexibility index (Phi) is 3.38. The molecule has 4 aliphatic rings. The molecule has 3 nitrogen and oxygen atoms in total. The first-order valence-corrected chi connectivity index (χ1v) is 9.37. The number of fused-ring (bicyclic) bond motifs is 5. The predicted molar refractivity (Wildman–Crippen MR) is 87.0 cm³/mol. The molecule has 0 bridgehead atoms. The van der Waals surface area contributed by atoms with Gasteiger partial charge in [-0.1, -0.05) is 19.0 Å². The second kappa shape index (κ2) is 4.96. The van der Waals surface area contributed by atoms with Crippen LogP contribution in [0.3, 0.4) is 0 Å². The summed E-state index contributed by atoms with van der Waals surface area (Å²) in [5, 5.41) is 23.2. The molecule has 0 spiro atoms. The molecular formula is C19H31NO2. The Labute approximate surface area is 134 Å². The van der Waals surface area contributed by atoms with Crippen LogP contribution in [-0.2, 0) is 0 Å². The molecule has 7 atom stereocenters. The third-order valence-electron chi connectivity index (χ3n) is 8.59. The summed E-state index contributed by atoms with van der Waals surface area (Å²) in [5.74, 6) is 3.11. The van der Waals surface area contributed by atoms with Gasteiger partial charge in [-0.15, -0.1) is 0 Å². The molecule has 0 aromatic rings. The van der Waals surface area contributed by atoms with Crippen molar-refractivity contribution < 1.29 is 10.3 Å². The Morgan fingerprint density at radius 2 is 1.73 bits per heavy atom. The summed E-state index contributed by atoms with van der Waals surface area (Å²) in [5.41, 5.74) is 1.65. The van der Waals surface area contributed by atoms with Crippen molar-refractivity contribution in [3.8, 4) is 0 Å². The van der Waals surface area contributed by atoms with Crippen LogP contribution < -0.4 is 0 Å². The number of rotatable bonds is 0. The predicted octanol–water partition coefficient (Wildman–Crippen LogP) is 4.22. The van der Waals surface area contributed by atoms with Crippen LogP contribution in [0.15, 0.2) is 5.16 Å². The summed E-state index contributed by atoms with van der Waals surface area (Å²) >= 11 is 0. The van der Waals surface area contributed by atoms with Crippen LogP contribution in [0.25, 0.3) is 0 Å². The van der Waals surface area contributed by atoms with Crippen molar-refractivity contribution in [1.82, 2.24) is 0 Å². The molecule has 124 valence electrons. The Morgan fingerprint density at radius 3 is 2.50 bits per heavy atom. The quantitative estimate of drug-likeness (QED) is 0.520. The zero-order valence-corrected chi connectivity index (χ0v) is 14.1. The molecule has 22 heavy (non-hydrogen) atoms. The minimum atomic E-state index is -0.0662. The first-order valence-electron chi connectivity index (χ1n) is 9.37. The van der Waals surface area contributed by atoms with Crippen LogP contribution in [-0.4, -0.2) is 22.1 Å². The van der Waals surface area contributed by atoms with E-state index in [2.05, 4.69) is 19.0 Å². The van der Waals surface area contributed by atoms with E-state index >= 15 is 0 Å². The minimum absolute atomic E-state index is 0.0662. The molecule has 0 aromatic carbocycles. The van der Waals surface area contributed by atoms with Gasteiger partial charge in [0, 0.05) is 0 Å². The van der Waals surface area contributed by atoms with E-state index in [9.17, 15) is 5.11 Å². The van der Waals surface area contributed by atoms with Crippen molar-refractivity contribution >= 4 is 5.71 Å². The van der Waals surface area contributed by atoms with E-state index in [1.54, 1.807) is 0 Å². The standard InChI is InChI=1S/C19H31NO2/c1-18-9-7-13(20-22)11-12(18)3-4-14-15-5-6-17(21)19(15,2)10-8-16(14)18/h12,14-17,21-22H,3-11H2,1-2H3/b20-13-/t12-,14-,15-,16+,17-,18-,19-/m0/s1. The first kappa shape index (κ1) is 15.0. The Morgan fingerprint density at radius 1 is 0.955 bits per heavy atom. The van der Waals surface area contributed by atoms with Gasteiger partial charge in [0.25, 0.3) is 0 Å².